The second-order valence-electron chi connectivity index (χ2n) is 6.65. The van der Waals surface area contributed by atoms with Gasteiger partial charge >= 0.3 is 0 Å². The molecule has 2 aromatic rings. The first kappa shape index (κ1) is 18.1. The van der Waals surface area contributed by atoms with Gasteiger partial charge in [-0.25, -0.2) is 0 Å². The van der Waals surface area contributed by atoms with Gasteiger partial charge in [0.15, 0.2) is 6.61 Å². The summed E-state index contributed by atoms with van der Waals surface area (Å²) in [6.45, 7) is 3.59. The molecular formula is C21H26N2O3. The zero-order valence-electron chi connectivity index (χ0n) is 15.4. The van der Waals surface area contributed by atoms with Crippen LogP contribution in [-0.2, 0) is 4.79 Å². The summed E-state index contributed by atoms with van der Waals surface area (Å²) in [4.78, 5) is 14.4. The summed E-state index contributed by atoms with van der Waals surface area (Å²) in [6.07, 6.45) is 2.04. The average Bonchev–Trinajstić information content (AvgIpc) is 2.68. The minimum atomic E-state index is 0.0341. The van der Waals surface area contributed by atoms with E-state index in [1.54, 1.807) is 7.11 Å². The second-order valence-corrected chi connectivity index (χ2v) is 6.65. The van der Waals surface area contributed by atoms with Crippen molar-refractivity contribution in [3.8, 4) is 11.5 Å². The molecule has 1 heterocycles. The Balaban J connectivity index is 1.50. The van der Waals surface area contributed by atoms with Crippen molar-refractivity contribution in [3.05, 3.63) is 54.1 Å². The van der Waals surface area contributed by atoms with E-state index in [-0.39, 0.29) is 18.6 Å². The molecular weight excluding hydrogens is 328 g/mol. The van der Waals surface area contributed by atoms with Gasteiger partial charge in [0.2, 0.25) is 0 Å². The summed E-state index contributed by atoms with van der Waals surface area (Å²) in [7, 11) is 1.66. The van der Waals surface area contributed by atoms with Gasteiger partial charge in [-0.15, -0.1) is 0 Å². The van der Waals surface area contributed by atoms with Gasteiger partial charge in [-0.1, -0.05) is 17.7 Å². The van der Waals surface area contributed by atoms with Crippen LogP contribution in [0.15, 0.2) is 48.5 Å². The van der Waals surface area contributed by atoms with Gasteiger partial charge in [0.1, 0.15) is 11.5 Å². The summed E-state index contributed by atoms with van der Waals surface area (Å²) in [5.74, 6) is 1.60. The summed E-state index contributed by atoms with van der Waals surface area (Å²) < 4.78 is 10.8. The molecule has 1 amide bonds. The number of amides is 1. The van der Waals surface area contributed by atoms with Gasteiger partial charge in [-0.3, -0.25) is 4.79 Å². The van der Waals surface area contributed by atoms with Gasteiger partial charge in [-0.2, -0.15) is 0 Å². The maximum Gasteiger partial charge on any atom is 0.260 e. The Labute approximate surface area is 154 Å². The van der Waals surface area contributed by atoms with Crippen molar-refractivity contribution in [2.24, 2.45) is 0 Å². The quantitative estimate of drug-likeness (QED) is 0.863. The molecule has 0 bridgehead atoms. The number of rotatable bonds is 6. The zero-order chi connectivity index (χ0) is 18.4. The number of hydrogen-bond donors (Lipinski definition) is 1. The van der Waals surface area contributed by atoms with Crippen molar-refractivity contribution in [1.29, 1.82) is 0 Å². The Bertz CT molecular complexity index is 713. The topological polar surface area (TPSA) is 50.8 Å². The number of carbonyl (C=O) groups is 1. The highest BCUT2D eigenvalue weighted by atomic mass is 16.5. The van der Waals surface area contributed by atoms with E-state index in [9.17, 15) is 4.79 Å². The fraction of sp³-hybridized carbons (Fsp3) is 0.381. The van der Waals surface area contributed by atoms with E-state index in [1.165, 1.54) is 5.56 Å². The molecule has 5 nitrogen and oxygen atoms in total. The molecule has 1 atom stereocenters. The summed E-state index contributed by atoms with van der Waals surface area (Å²) in [5.41, 5.74) is 2.22. The monoisotopic (exact) mass is 354 g/mol. The number of piperidine rings is 1. The molecule has 1 fully saturated rings. The molecule has 5 heteroatoms. The van der Waals surface area contributed by atoms with Gasteiger partial charge < -0.3 is 19.7 Å². The predicted octanol–water partition coefficient (Wildman–Crippen LogP) is 3.49. The van der Waals surface area contributed by atoms with E-state index in [1.807, 2.05) is 60.4 Å². The molecule has 0 spiro atoms. The van der Waals surface area contributed by atoms with E-state index < -0.39 is 0 Å². The Morgan fingerprint density at radius 2 is 1.81 bits per heavy atom. The number of hydrogen-bond acceptors (Lipinski definition) is 4. The highest BCUT2D eigenvalue weighted by molar-refractivity contribution is 5.78. The Morgan fingerprint density at radius 3 is 2.50 bits per heavy atom. The van der Waals surface area contributed by atoms with E-state index in [2.05, 4.69) is 5.32 Å². The minimum absolute atomic E-state index is 0.0341. The number of nitrogens with zero attached hydrogens (tertiary/aromatic N) is 1. The van der Waals surface area contributed by atoms with Crippen LogP contribution in [0.1, 0.15) is 18.4 Å². The van der Waals surface area contributed by atoms with Crippen LogP contribution < -0.4 is 14.8 Å². The Morgan fingerprint density at radius 1 is 1.12 bits per heavy atom. The predicted molar refractivity (Wildman–Crippen MR) is 103 cm³/mol. The third kappa shape index (κ3) is 4.91. The van der Waals surface area contributed by atoms with Crippen LogP contribution >= 0.6 is 0 Å². The van der Waals surface area contributed by atoms with Crippen molar-refractivity contribution in [2.45, 2.75) is 25.8 Å². The van der Waals surface area contributed by atoms with E-state index in [0.717, 1.165) is 36.6 Å². The van der Waals surface area contributed by atoms with Gasteiger partial charge in [-0.05, 0) is 56.2 Å². The van der Waals surface area contributed by atoms with Crippen LogP contribution in [0.4, 0.5) is 5.69 Å². The summed E-state index contributed by atoms with van der Waals surface area (Å²) >= 11 is 0. The van der Waals surface area contributed by atoms with Crippen LogP contribution in [0, 0.1) is 6.92 Å². The lowest BCUT2D eigenvalue weighted by atomic mass is 10.1. The van der Waals surface area contributed by atoms with Gasteiger partial charge in [0, 0.05) is 24.8 Å². The number of nitrogens with one attached hydrogen (secondary N) is 1. The first-order valence-corrected chi connectivity index (χ1v) is 9.02. The van der Waals surface area contributed by atoms with Crippen LogP contribution in [0.2, 0.25) is 0 Å². The molecule has 0 aliphatic carbocycles. The number of aryl methyl sites for hydroxylation is 1. The number of carbonyl (C=O) groups excluding carboxylic acids is 1. The van der Waals surface area contributed by atoms with Crippen molar-refractivity contribution >= 4 is 11.6 Å². The van der Waals surface area contributed by atoms with Gasteiger partial charge in [0.05, 0.1) is 7.11 Å². The second kappa shape index (κ2) is 8.61. The van der Waals surface area contributed by atoms with Crippen LogP contribution in [0.25, 0.3) is 0 Å². The lowest BCUT2D eigenvalue weighted by Crippen LogP contribution is -2.46. The highest BCUT2D eigenvalue weighted by Gasteiger charge is 2.23. The maximum atomic E-state index is 12.5. The number of benzene rings is 2. The molecule has 1 N–H and O–H groups in total. The fourth-order valence-corrected chi connectivity index (χ4v) is 3.12. The molecule has 1 aliphatic rings. The molecule has 0 unspecified atom stereocenters. The van der Waals surface area contributed by atoms with E-state index >= 15 is 0 Å². The number of ether oxygens (including phenoxy) is 2. The fourth-order valence-electron chi connectivity index (χ4n) is 3.12. The molecule has 1 aliphatic heterocycles. The molecule has 3 rings (SSSR count). The lowest BCUT2D eigenvalue weighted by molar-refractivity contribution is -0.134. The third-order valence-corrected chi connectivity index (χ3v) is 4.62. The molecule has 0 saturated carbocycles. The van der Waals surface area contributed by atoms with Crippen molar-refractivity contribution in [2.75, 3.05) is 32.1 Å². The standard InChI is InChI=1S/C21H26N2O3/c1-16-5-9-20(10-6-16)26-15-21(24)23-13-3-4-18(14-23)22-17-7-11-19(25-2)12-8-17/h5-12,18,22H,3-4,13-15H2,1-2H3/t18-/m1/s1. The molecule has 2 aromatic carbocycles. The maximum absolute atomic E-state index is 12.5. The van der Waals surface area contributed by atoms with Crippen molar-refractivity contribution in [1.82, 2.24) is 4.90 Å². The van der Waals surface area contributed by atoms with E-state index in [4.69, 9.17) is 9.47 Å². The number of anilines is 1. The first-order valence-electron chi connectivity index (χ1n) is 9.02. The van der Waals surface area contributed by atoms with E-state index in [0.29, 0.717) is 6.54 Å². The van der Waals surface area contributed by atoms with Crippen LogP contribution in [0.5, 0.6) is 11.5 Å². The normalized spacial score (nSPS) is 16.8. The Hall–Kier alpha value is -2.69. The number of methoxy groups -OCH3 is 1. The number of likely N-dealkylation sites (tertiary alicyclic amines) is 1. The molecule has 1 saturated heterocycles. The first-order chi connectivity index (χ1) is 12.6. The van der Waals surface area contributed by atoms with Crippen molar-refractivity contribution < 1.29 is 14.3 Å². The van der Waals surface area contributed by atoms with Gasteiger partial charge in [0.25, 0.3) is 5.91 Å². The smallest absolute Gasteiger partial charge is 0.260 e. The van der Waals surface area contributed by atoms with Crippen LogP contribution in [-0.4, -0.2) is 43.7 Å². The van der Waals surface area contributed by atoms with Crippen molar-refractivity contribution in [3.63, 3.8) is 0 Å². The highest BCUT2D eigenvalue weighted by Crippen LogP contribution is 2.19. The Kier molecular flexibility index (Phi) is 6.00. The largest absolute Gasteiger partial charge is 0.497 e. The summed E-state index contributed by atoms with van der Waals surface area (Å²) in [6, 6.07) is 15.9. The van der Waals surface area contributed by atoms with Crippen LogP contribution in [0.3, 0.4) is 0 Å². The minimum Gasteiger partial charge on any atom is -0.497 e. The third-order valence-electron chi connectivity index (χ3n) is 4.62. The lowest BCUT2D eigenvalue weighted by Gasteiger charge is -2.33. The SMILES string of the molecule is COc1ccc(N[C@@H]2CCCN(C(=O)COc3ccc(C)cc3)C2)cc1. The molecule has 138 valence electrons. The molecule has 0 radical (unpaired) electrons. The molecule has 26 heavy (non-hydrogen) atoms. The zero-order valence-corrected chi connectivity index (χ0v) is 15.4. The average molecular weight is 354 g/mol. The summed E-state index contributed by atoms with van der Waals surface area (Å²) in [5, 5.41) is 3.51. The molecule has 0 aromatic heterocycles.